The lowest BCUT2D eigenvalue weighted by molar-refractivity contribution is -0.204. The van der Waals surface area contributed by atoms with E-state index < -0.39 is 46.9 Å². The summed E-state index contributed by atoms with van der Waals surface area (Å²) < 4.78 is 16.2. The number of hydrogen-bond donors (Lipinski definition) is 1. The van der Waals surface area contributed by atoms with Gasteiger partial charge in [-0.2, -0.15) is 0 Å². The Morgan fingerprint density at radius 1 is 1.16 bits per heavy atom. The number of Topliss-reactive ketones (excluding diaryl/α,β-unsaturated/α-hetero) is 1. The fourth-order valence-corrected chi connectivity index (χ4v) is 8.30. The quantitative estimate of drug-likeness (QED) is 0.488. The summed E-state index contributed by atoms with van der Waals surface area (Å²) in [6.07, 6.45) is 7.26. The minimum absolute atomic E-state index is 0.00149. The van der Waals surface area contributed by atoms with Gasteiger partial charge in [0, 0.05) is 30.3 Å². The van der Waals surface area contributed by atoms with Crippen molar-refractivity contribution in [1.29, 1.82) is 0 Å². The van der Waals surface area contributed by atoms with Gasteiger partial charge in [-0.15, -0.1) is 0 Å². The second-order valence-corrected chi connectivity index (χ2v) is 11.8. The molecular weight excluding hydrogens is 476 g/mol. The molecule has 3 saturated carbocycles. The van der Waals surface area contributed by atoms with Crippen molar-refractivity contribution in [1.82, 2.24) is 0 Å². The highest BCUT2D eigenvalue weighted by atomic mass is 16.6. The third-order valence-electron chi connectivity index (χ3n) is 9.76. The number of esters is 2. The van der Waals surface area contributed by atoms with Crippen LogP contribution in [0.15, 0.2) is 23.8 Å². The molecule has 0 spiro atoms. The molecule has 8 heteroatoms. The van der Waals surface area contributed by atoms with Gasteiger partial charge in [-0.3, -0.25) is 14.4 Å². The Bertz CT molecular complexity index is 1030. The van der Waals surface area contributed by atoms with Gasteiger partial charge in [0.25, 0.3) is 0 Å². The van der Waals surface area contributed by atoms with E-state index in [9.17, 15) is 24.3 Å². The van der Waals surface area contributed by atoms with Crippen molar-refractivity contribution in [2.45, 2.75) is 77.9 Å². The molecule has 8 atom stereocenters. The van der Waals surface area contributed by atoms with Crippen LogP contribution in [0, 0.1) is 34.5 Å². The molecule has 0 amide bonds. The molecule has 0 aliphatic heterocycles. The normalized spacial score (nSPS) is 40.2. The van der Waals surface area contributed by atoms with Crippen LogP contribution in [0.1, 0.15) is 66.2 Å². The summed E-state index contributed by atoms with van der Waals surface area (Å²) in [5.41, 5.74) is -1.78. The molecule has 3 fully saturated rings. The number of fused-ring (bicyclic) bond motifs is 5. The van der Waals surface area contributed by atoms with Gasteiger partial charge in [-0.05, 0) is 62.0 Å². The monoisotopic (exact) mass is 516 g/mol. The standard InChI is InChI=1S/C29H40O8/c1-6-7-24(33)36-15-23(32)29(37-25(34)16-35-5)11-9-20-19-12-17(2)21-13-18(30)8-10-27(21,3)26(19)22(31)14-28(20,29)4/h8,10,13,17,19-20,22,26,31H,6-7,9,11-12,14-16H2,1-5H3/t17-,19-,20-,22-,26+,27-,28-,29-/m0/s1. The van der Waals surface area contributed by atoms with E-state index in [0.29, 0.717) is 19.3 Å². The van der Waals surface area contributed by atoms with Crippen LogP contribution >= 0.6 is 0 Å². The molecule has 4 aliphatic carbocycles. The van der Waals surface area contributed by atoms with Crippen molar-refractivity contribution < 1.29 is 38.5 Å². The van der Waals surface area contributed by atoms with Gasteiger partial charge in [0.05, 0.1) is 6.10 Å². The largest absolute Gasteiger partial charge is 0.457 e. The molecule has 0 aromatic rings. The zero-order chi connectivity index (χ0) is 27.2. The lowest BCUT2D eigenvalue weighted by Crippen LogP contribution is -2.63. The smallest absolute Gasteiger partial charge is 0.333 e. The molecule has 4 aliphatic rings. The third-order valence-corrected chi connectivity index (χ3v) is 9.76. The molecule has 4 rings (SSSR count). The number of aliphatic hydroxyl groups is 1. The molecule has 0 aromatic heterocycles. The highest BCUT2D eigenvalue weighted by Gasteiger charge is 2.70. The number of aliphatic hydroxyl groups excluding tert-OH is 1. The molecule has 0 bridgehead atoms. The van der Waals surface area contributed by atoms with Crippen molar-refractivity contribution in [3.05, 3.63) is 23.8 Å². The third kappa shape index (κ3) is 4.40. The summed E-state index contributed by atoms with van der Waals surface area (Å²) in [7, 11) is 1.38. The maximum atomic E-state index is 13.8. The van der Waals surface area contributed by atoms with E-state index in [1.807, 2.05) is 19.9 Å². The van der Waals surface area contributed by atoms with Gasteiger partial charge in [0.15, 0.2) is 18.0 Å². The van der Waals surface area contributed by atoms with Crippen LogP contribution in [0.4, 0.5) is 0 Å². The second-order valence-electron chi connectivity index (χ2n) is 11.8. The molecule has 0 heterocycles. The fraction of sp³-hybridized carbons (Fsp3) is 0.724. The number of ether oxygens (including phenoxy) is 3. The van der Waals surface area contributed by atoms with Gasteiger partial charge in [-0.25, -0.2) is 4.79 Å². The van der Waals surface area contributed by atoms with Gasteiger partial charge in [0.2, 0.25) is 5.78 Å². The van der Waals surface area contributed by atoms with Gasteiger partial charge >= 0.3 is 11.9 Å². The SMILES string of the molecule is CCCC(=O)OCC(=O)[C@@]1(OC(=O)COC)CC[C@H]2[C@@H]3C[C@H](C)C4=CC(=O)C=C[C@]4(C)[C@H]3[C@@H](O)C[C@@]21C. The Morgan fingerprint density at radius 3 is 2.57 bits per heavy atom. The van der Waals surface area contributed by atoms with Crippen molar-refractivity contribution in [3.63, 3.8) is 0 Å². The van der Waals surface area contributed by atoms with Crippen LogP contribution in [0.3, 0.4) is 0 Å². The van der Waals surface area contributed by atoms with Crippen LogP contribution < -0.4 is 0 Å². The van der Waals surface area contributed by atoms with E-state index in [2.05, 4.69) is 13.8 Å². The molecule has 0 aromatic carbocycles. The summed E-state index contributed by atoms with van der Waals surface area (Å²) in [6, 6.07) is 0. The highest BCUT2D eigenvalue weighted by Crippen LogP contribution is 2.68. The minimum Gasteiger partial charge on any atom is -0.457 e. The van der Waals surface area contributed by atoms with E-state index in [1.54, 1.807) is 12.2 Å². The van der Waals surface area contributed by atoms with Gasteiger partial charge in [-0.1, -0.05) is 39.3 Å². The average Bonchev–Trinajstić information content (AvgIpc) is 3.11. The molecule has 8 nitrogen and oxygen atoms in total. The highest BCUT2D eigenvalue weighted by molar-refractivity contribution is 6.01. The maximum absolute atomic E-state index is 13.8. The zero-order valence-electron chi connectivity index (χ0n) is 22.6. The van der Waals surface area contributed by atoms with Crippen LogP contribution in [-0.2, 0) is 33.4 Å². The Hall–Kier alpha value is -2.32. The van der Waals surface area contributed by atoms with Crippen LogP contribution in [0.2, 0.25) is 0 Å². The molecule has 37 heavy (non-hydrogen) atoms. The summed E-state index contributed by atoms with van der Waals surface area (Å²) in [5.74, 6) is -1.54. The first kappa shape index (κ1) is 27.7. The van der Waals surface area contributed by atoms with Gasteiger partial charge < -0.3 is 19.3 Å². The lowest BCUT2D eigenvalue weighted by Gasteiger charge is -2.61. The number of allylic oxidation sites excluding steroid dienone is 4. The van der Waals surface area contributed by atoms with Crippen LogP contribution in [0.25, 0.3) is 0 Å². The summed E-state index contributed by atoms with van der Waals surface area (Å²) in [6.45, 7) is 7.22. The van der Waals surface area contributed by atoms with Gasteiger partial charge in [0.1, 0.15) is 6.61 Å². The predicted octanol–water partition coefficient (Wildman–Crippen LogP) is 3.35. The molecule has 1 N–H and O–H groups in total. The Kier molecular flexibility index (Phi) is 7.56. The fourth-order valence-electron chi connectivity index (χ4n) is 8.30. The molecule has 0 saturated heterocycles. The molecule has 204 valence electrons. The number of methoxy groups -OCH3 is 1. The topological polar surface area (TPSA) is 116 Å². The first-order valence-electron chi connectivity index (χ1n) is 13.5. The maximum Gasteiger partial charge on any atom is 0.333 e. The lowest BCUT2D eigenvalue weighted by atomic mass is 9.44. The van der Waals surface area contributed by atoms with E-state index >= 15 is 0 Å². The Labute approximate surface area is 218 Å². The molecule has 0 radical (unpaired) electrons. The van der Waals surface area contributed by atoms with Crippen molar-refractivity contribution >= 4 is 23.5 Å². The summed E-state index contributed by atoms with van der Waals surface area (Å²) in [5, 5.41) is 11.7. The van der Waals surface area contributed by atoms with Crippen molar-refractivity contribution in [2.75, 3.05) is 20.3 Å². The molecular formula is C29H40O8. The zero-order valence-corrected chi connectivity index (χ0v) is 22.6. The Morgan fingerprint density at radius 2 is 1.89 bits per heavy atom. The van der Waals surface area contributed by atoms with Crippen molar-refractivity contribution in [3.8, 4) is 0 Å². The predicted molar refractivity (Wildman–Crippen MR) is 134 cm³/mol. The van der Waals surface area contributed by atoms with Crippen molar-refractivity contribution in [2.24, 2.45) is 34.5 Å². The number of rotatable bonds is 8. The number of carbonyl (C=O) groups is 4. The first-order chi connectivity index (χ1) is 17.4. The number of carbonyl (C=O) groups excluding carboxylic acids is 4. The van der Waals surface area contributed by atoms with E-state index in [4.69, 9.17) is 14.2 Å². The Balaban J connectivity index is 1.71. The van der Waals surface area contributed by atoms with Crippen LogP contribution in [0.5, 0.6) is 0 Å². The summed E-state index contributed by atoms with van der Waals surface area (Å²) >= 11 is 0. The number of hydrogen-bond acceptors (Lipinski definition) is 8. The van der Waals surface area contributed by atoms with E-state index in [-0.39, 0.29) is 48.9 Å². The van der Waals surface area contributed by atoms with Crippen LogP contribution in [-0.4, -0.2) is 60.6 Å². The second kappa shape index (κ2) is 10.1. The first-order valence-corrected chi connectivity index (χ1v) is 13.5. The average molecular weight is 517 g/mol. The van der Waals surface area contributed by atoms with E-state index in [0.717, 1.165) is 12.0 Å². The van der Waals surface area contributed by atoms with E-state index in [1.165, 1.54) is 7.11 Å². The summed E-state index contributed by atoms with van der Waals surface area (Å²) in [4.78, 5) is 50.8. The number of ketones is 2. The minimum atomic E-state index is -1.52. The molecule has 0 unspecified atom stereocenters.